The number of imidazole rings is 1. The zero-order valence-corrected chi connectivity index (χ0v) is 14.7. The van der Waals surface area contributed by atoms with E-state index in [2.05, 4.69) is 4.98 Å². The fraction of sp³-hybridized carbons (Fsp3) is 0.222. The summed E-state index contributed by atoms with van der Waals surface area (Å²) in [4.78, 5) is 20.2. The molecule has 5 nitrogen and oxygen atoms in total. The van der Waals surface area contributed by atoms with Gasteiger partial charge >= 0.3 is 0 Å². The zero-order chi connectivity index (χ0) is 17.1. The van der Waals surface area contributed by atoms with Crippen molar-refractivity contribution in [3.8, 4) is 17.0 Å². The third-order valence-corrected chi connectivity index (χ3v) is 4.34. The number of carbonyl (C=O) groups is 1. The van der Waals surface area contributed by atoms with Crippen molar-refractivity contribution < 1.29 is 9.53 Å². The molecule has 3 rings (SSSR count). The van der Waals surface area contributed by atoms with Gasteiger partial charge in [-0.2, -0.15) is 0 Å². The highest BCUT2D eigenvalue weighted by atomic mass is 32.1. The molecule has 0 aliphatic carbocycles. The number of thiazole rings is 1. The molecule has 24 heavy (non-hydrogen) atoms. The van der Waals surface area contributed by atoms with Crippen molar-refractivity contribution in [2.45, 2.75) is 0 Å². The molecule has 0 aliphatic heterocycles. The molecule has 0 fully saturated rings. The molecule has 0 N–H and O–H groups in total. The van der Waals surface area contributed by atoms with Gasteiger partial charge in [-0.25, -0.2) is 4.98 Å². The first-order valence-corrected chi connectivity index (χ1v) is 8.43. The molecular weight excluding hydrogens is 322 g/mol. The van der Waals surface area contributed by atoms with Crippen molar-refractivity contribution in [3.05, 3.63) is 53.7 Å². The van der Waals surface area contributed by atoms with E-state index >= 15 is 0 Å². The molecule has 1 aromatic carbocycles. The first kappa shape index (κ1) is 16.4. The van der Waals surface area contributed by atoms with Crippen LogP contribution in [0.5, 0.6) is 5.75 Å². The Morgan fingerprint density at radius 3 is 3.00 bits per heavy atom. The van der Waals surface area contributed by atoms with E-state index in [1.807, 2.05) is 65.3 Å². The molecule has 0 amide bonds. The molecule has 0 bridgehead atoms. The van der Waals surface area contributed by atoms with Crippen molar-refractivity contribution in [1.29, 1.82) is 0 Å². The maximum Gasteiger partial charge on any atom is 0.204 e. The molecule has 124 valence electrons. The molecule has 2 aromatic heterocycles. The average Bonchev–Trinajstić information content (AvgIpc) is 3.15. The monoisotopic (exact) mass is 341 g/mol. The van der Waals surface area contributed by atoms with Gasteiger partial charge in [-0.1, -0.05) is 18.2 Å². The van der Waals surface area contributed by atoms with Gasteiger partial charge in [-0.15, -0.1) is 11.3 Å². The van der Waals surface area contributed by atoms with Crippen molar-refractivity contribution in [2.24, 2.45) is 0 Å². The Morgan fingerprint density at radius 2 is 2.25 bits per heavy atom. The van der Waals surface area contributed by atoms with Crippen molar-refractivity contribution in [1.82, 2.24) is 14.3 Å². The Hall–Kier alpha value is -2.44. The smallest absolute Gasteiger partial charge is 0.204 e. The van der Waals surface area contributed by atoms with E-state index in [9.17, 15) is 4.79 Å². The summed E-state index contributed by atoms with van der Waals surface area (Å²) in [6, 6.07) is 7.61. The van der Waals surface area contributed by atoms with Gasteiger partial charge in [-0.3, -0.25) is 9.20 Å². The maximum absolute atomic E-state index is 12.8. The molecule has 0 unspecified atom stereocenters. The molecule has 2 heterocycles. The van der Waals surface area contributed by atoms with Crippen LogP contribution in [-0.2, 0) is 0 Å². The number of carbonyl (C=O) groups excluding carboxylic acids is 1. The van der Waals surface area contributed by atoms with E-state index in [0.717, 1.165) is 16.3 Å². The molecular formula is C18H19N3O2S. The number of ether oxygens (including phenoxy) is 1. The summed E-state index contributed by atoms with van der Waals surface area (Å²) in [5.74, 6) is 0.686. The number of nitrogens with zero attached hydrogens (tertiary/aromatic N) is 3. The van der Waals surface area contributed by atoms with Crippen LogP contribution in [0.4, 0.5) is 0 Å². The molecule has 3 aromatic rings. The van der Waals surface area contributed by atoms with Crippen LogP contribution >= 0.6 is 11.3 Å². The molecule has 0 radical (unpaired) electrons. The highest BCUT2D eigenvalue weighted by Gasteiger charge is 2.19. The average molecular weight is 341 g/mol. The molecule has 0 atom stereocenters. The summed E-state index contributed by atoms with van der Waals surface area (Å²) in [5, 5.41) is 1.93. The predicted octanol–water partition coefficient (Wildman–Crippen LogP) is 3.37. The zero-order valence-electron chi connectivity index (χ0n) is 13.9. The minimum Gasteiger partial charge on any atom is -0.497 e. The van der Waals surface area contributed by atoms with E-state index in [-0.39, 0.29) is 5.78 Å². The lowest BCUT2D eigenvalue weighted by Crippen LogP contribution is -2.11. The Bertz CT molecular complexity index is 893. The first-order valence-electron chi connectivity index (χ1n) is 7.55. The summed E-state index contributed by atoms with van der Waals surface area (Å²) in [6.07, 6.45) is 5.36. The van der Waals surface area contributed by atoms with Crippen LogP contribution in [0.1, 0.15) is 10.5 Å². The van der Waals surface area contributed by atoms with Gasteiger partial charge in [0, 0.05) is 23.7 Å². The lowest BCUT2D eigenvalue weighted by Gasteiger charge is -2.05. The second kappa shape index (κ2) is 6.98. The van der Waals surface area contributed by atoms with Crippen molar-refractivity contribution in [3.63, 3.8) is 0 Å². The van der Waals surface area contributed by atoms with Gasteiger partial charge in [0.25, 0.3) is 0 Å². The molecule has 0 saturated carbocycles. The quantitative estimate of drug-likeness (QED) is 0.509. The minimum atomic E-state index is -0.0550. The number of ketones is 1. The minimum absolute atomic E-state index is 0.0550. The highest BCUT2D eigenvalue weighted by Crippen LogP contribution is 2.29. The number of allylic oxidation sites excluding steroid dienone is 1. The standard InChI is InChI=1S/C18H19N3O2S/c1-20(2)9-5-8-15(22)17-16(19-18-21(17)10-11-24-18)13-6-4-7-14(12-13)23-3/h4-8,10-12H,9H2,1-3H3/b8-5+. The normalized spacial score (nSPS) is 11.7. The van der Waals surface area contributed by atoms with Crippen molar-refractivity contribution >= 4 is 22.1 Å². The number of rotatable bonds is 6. The SMILES string of the molecule is COc1cccc(-c2nc3sccn3c2C(=O)/C=C/CN(C)C)c1. The van der Waals surface area contributed by atoms with Gasteiger partial charge in [0.05, 0.1) is 7.11 Å². The molecule has 0 saturated heterocycles. The Labute approximate surface area is 144 Å². The number of benzene rings is 1. The number of hydrogen-bond acceptors (Lipinski definition) is 5. The van der Waals surface area contributed by atoms with Crippen LogP contribution in [0.3, 0.4) is 0 Å². The molecule has 0 spiro atoms. The van der Waals surface area contributed by atoms with E-state index in [1.54, 1.807) is 13.2 Å². The maximum atomic E-state index is 12.8. The Balaban J connectivity index is 2.06. The number of hydrogen-bond donors (Lipinski definition) is 0. The summed E-state index contributed by atoms with van der Waals surface area (Å²) in [6.45, 7) is 0.714. The Kier molecular flexibility index (Phi) is 4.78. The van der Waals surface area contributed by atoms with E-state index in [4.69, 9.17) is 4.74 Å². The van der Waals surface area contributed by atoms with Crippen LogP contribution in [0.15, 0.2) is 48.0 Å². The number of likely N-dealkylation sites (N-methyl/N-ethyl adjacent to an activating group) is 1. The first-order chi connectivity index (χ1) is 11.6. The number of methoxy groups -OCH3 is 1. The van der Waals surface area contributed by atoms with E-state index in [1.165, 1.54) is 11.3 Å². The fourth-order valence-electron chi connectivity index (χ4n) is 2.44. The van der Waals surface area contributed by atoms with Crippen LogP contribution in [-0.4, -0.2) is 47.8 Å². The van der Waals surface area contributed by atoms with Gasteiger partial charge in [0.2, 0.25) is 5.78 Å². The van der Waals surface area contributed by atoms with Gasteiger partial charge in [0.1, 0.15) is 17.1 Å². The third kappa shape index (κ3) is 3.25. The Morgan fingerprint density at radius 1 is 1.42 bits per heavy atom. The van der Waals surface area contributed by atoms with Crippen molar-refractivity contribution in [2.75, 3.05) is 27.7 Å². The van der Waals surface area contributed by atoms with Crippen LogP contribution in [0.2, 0.25) is 0 Å². The predicted molar refractivity (Wildman–Crippen MR) is 97.1 cm³/mol. The van der Waals surface area contributed by atoms with E-state index < -0.39 is 0 Å². The largest absolute Gasteiger partial charge is 0.497 e. The fourth-order valence-corrected chi connectivity index (χ4v) is 3.16. The van der Waals surface area contributed by atoms with Crippen LogP contribution < -0.4 is 4.74 Å². The highest BCUT2D eigenvalue weighted by molar-refractivity contribution is 7.15. The lowest BCUT2D eigenvalue weighted by molar-refractivity contribution is 0.104. The molecule has 0 aliphatic rings. The summed E-state index contributed by atoms with van der Waals surface area (Å²) >= 11 is 1.51. The summed E-state index contributed by atoms with van der Waals surface area (Å²) in [7, 11) is 5.56. The summed E-state index contributed by atoms with van der Waals surface area (Å²) < 4.78 is 7.14. The molecule has 6 heteroatoms. The topological polar surface area (TPSA) is 46.8 Å². The summed E-state index contributed by atoms with van der Waals surface area (Å²) in [5.41, 5.74) is 2.13. The van der Waals surface area contributed by atoms with E-state index in [0.29, 0.717) is 17.9 Å². The second-order valence-electron chi connectivity index (χ2n) is 5.63. The van der Waals surface area contributed by atoms with Gasteiger partial charge < -0.3 is 9.64 Å². The number of fused-ring (bicyclic) bond motifs is 1. The second-order valence-corrected chi connectivity index (χ2v) is 6.50. The number of aromatic nitrogens is 2. The third-order valence-electron chi connectivity index (χ3n) is 3.58. The van der Waals surface area contributed by atoms with Crippen LogP contribution in [0, 0.1) is 0 Å². The van der Waals surface area contributed by atoms with Crippen LogP contribution in [0.25, 0.3) is 16.2 Å². The van der Waals surface area contributed by atoms with Gasteiger partial charge in [0.15, 0.2) is 4.96 Å². The lowest BCUT2D eigenvalue weighted by atomic mass is 10.1. The van der Waals surface area contributed by atoms with Gasteiger partial charge in [-0.05, 0) is 32.3 Å².